The van der Waals surface area contributed by atoms with E-state index in [2.05, 4.69) is 23.7 Å². The van der Waals surface area contributed by atoms with Crippen LogP contribution in [-0.4, -0.2) is 63.9 Å². The highest BCUT2D eigenvalue weighted by Crippen LogP contribution is 2.36. The summed E-state index contributed by atoms with van der Waals surface area (Å²) in [6, 6.07) is 5.72. The Morgan fingerprint density at radius 3 is 2.78 bits per heavy atom. The number of hydrogen-bond acceptors (Lipinski definition) is 4. The number of fused-ring (bicyclic) bond motifs is 1. The lowest BCUT2D eigenvalue weighted by atomic mass is 9.83. The van der Waals surface area contributed by atoms with Crippen molar-refractivity contribution in [2.24, 2.45) is 5.41 Å². The van der Waals surface area contributed by atoms with Gasteiger partial charge in [0.15, 0.2) is 6.04 Å². The summed E-state index contributed by atoms with van der Waals surface area (Å²) in [5.41, 5.74) is 1.94. The summed E-state index contributed by atoms with van der Waals surface area (Å²) in [6.45, 7) is 7.42. The number of nitrogens with one attached hydrogen (secondary N) is 1. The normalized spacial score (nSPS) is 30.4. The van der Waals surface area contributed by atoms with Crippen molar-refractivity contribution in [3.8, 4) is 5.75 Å². The predicted octanol–water partition coefficient (Wildman–Crippen LogP) is 1.79. The zero-order valence-corrected chi connectivity index (χ0v) is 19.1. The SMILES string of the molecule is CC1(C)CCCN(C2CCCC2Oc2ccc3c(c2)CN(C2CCC(=O)[NH+]=C2O)C3=O)C1. The fourth-order valence-corrected chi connectivity index (χ4v) is 6.03. The molecule has 2 N–H and O–H groups in total. The second kappa shape index (κ2) is 8.18. The molecule has 7 heteroatoms. The van der Waals surface area contributed by atoms with Crippen LogP contribution in [-0.2, 0) is 11.3 Å². The van der Waals surface area contributed by atoms with Crippen LogP contribution < -0.4 is 9.73 Å². The molecule has 32 heavy (non-hydrogen) atoms. The fraction of sp³-hybridized carbons (Fsp3) is 0.640. The highest BCUT2D eigenvalue weighted by molar-refractivity contribution is 6.01. The zero-order valence-electron chi connectivity index (χ0n) is 19.1. The average Bonchev–Trinajstić information content (AvgIpc) is 3.32. The van der Waals surface area contributed by atoms with Gasteiger partial charge in [-0.15, -0.1) is 4.99 Å². The Labute approximate surface area is 189 Å². The lowest BCUT2D eigenvalue weighted by Gasteiger charge is -2.42. The van der Waals surface area contributed by atoms with Gasteiger partial charge in [-0.25, -0.2) is 4.79 Å². The van der Waals surface area contributed by atoms with E-state index >= 15 is 0 Å². The Morgan fingerprint density at radius 1 is 1.16 bits per heavy atom. The molecule has 2 amide bonds. The number of nitrogens with zero attached hydrogens (tertiary/aromatic N) is 2. The molecular weight excluding hydrogens is 406 g/mol. The van der Waals surface area contributed by atoms with E-state index in [-0.39, 0.29) is 23.8 Å². The quantitative estimate of drug-likeness (QED) is 0.746. The minimum atomic E-state index is -0.473. The minimum absolute atomic E-state index is 0.103. The molecule has 3 aliphatic heterocycles. The predicted molar refractivity (Wildman–Crippen MR) is 120 cm³/mol. The van der Waals surface area contributed by atoms with Crippen LogP contribution in [0, 0.1) is 5.41 Å². The van der Waals surface area contributed by atoms with Crippen LogP contribution in [0.15, 0.2) is 18.2 Å². The van der Waals surface area contributed by atoms with E-state index in [1.807, 2.05) is 18.2 Å². The highest BCUT2D eigenvalue weighted by atomic mass is 16.5. The van der Waals surface area contributed by atoms with Crippen molar-refractivity contribution in [3.63, 3.8) is 0 Å². The molecule has 1 saturated heterocycles. The molecule has 172 valence electrons. The van der Waals surface area contributed by atoms with E-state index in [0.29, 0.717) is 36.4 Å². The molecule has 0 aromatic heterocycles. The van der Waals surface area contributed by atoms with Crippen LogP contribution in [0.2, 0.25) is 0 Å². The number of aliphatic hydroxyl groups excluding tert-OH is 1. The van der Waals surface area contributed by atoms with Crippen molar-refractivity contribution < 1.29 is 24.4 Å². The van der Waals surface area contributed by atoms with E-state index in [4.69, 9.17) is 4.74 Å². The third-order valence-corrected chi connectivity index (χ3v) is 7.62. The van der Waals surface area contributed by atoms with Gasteiger partial charge in [-0.3, -0.25) is 9.69 Å². The molecule has 3 unspecified atom stereocenters. The van der Waals surface area contributed by atoms with Gasteiger partial charge in [0.2, 0.25) is 0 Å². The molecular formula is C25H34N3O4+. The van der Waals surface area contributed by atoms with Gasteiger partial charge in [-0.1, -0.05) is 13.8 Å². The van der Waals surface area contributed by atoms with Crippen molar-refractivity contribution in [1.82, 2.24) is 9.80 Å². The van der Waals surface area contributed by atoms with E-state index in [0.717, 1.165) is 30.8 Å². The van der Waals surface area contributed by atoms with E-state index in [1.54, 1.807) is 4.90 Å². The molecule has 3 atom stereocenters. The number of ether oxygens (including phenoxy) is 1. The number of aliphatic hydroxyl groups is 1. The molecule has 1 aromatic rings. The topological polar surface area (TPSA) is 84.1 Å². The maximum Gasteiger partial charge on any atom is 0.388 e. The standard InChI is InChI=1S/C25H33N3O4/c1-25(2)11-4-12-27(15-25)19-5-3-6-21(19)32-17-7-8-18-16(13-17)14-28(24(18)31)20-9-10-22(29)26-23(20)30/h7-8,13,19-21H,3-6,9-12,14-15H2,1-2H3,(H,26,29,30)/p+1. The third kappa shape index (κ3) is 4.03. The molecule has 1 aliphatic carbocycles. The van der Waals surface area contributed by atoms with Crippen molar-refractivity contribution in [2.75, 3.05) is 13.1 Å². The highest BCUT2D eigenvalue weighted by Gasteiger charge is 2.41. The Balaban J connectivity index is 1.29. The lowest BCUT2D eigenvalue weighted by Crippen LogP contribution is -2.82. The molecule has 2 fully saturated rings. The third-order valence-electron chi connectivity index (χ3n) is 7.62. The van der Waals surface area contributed by atoms with Crippen LogP contribution in [0.5, 0.6) is 5.75 Å². The molecule has 7 nitrogen and oxygen atoms in total. The number of benzene rings is 1. The smallest absolute Gasteiger partial charge is 0.388 e. The molecule has 0 radical (unpaired) electrons. The van der Waals surface area contributed by atoms with Gasteiger partial charge >= 0.3 is 11.8 Å². The van der Waals surface area contributed by atoms with Crippen LogP contribution in [0.1, 0.15) is 74.7 Å². The first-order valence-corrected chi connectivity index (χ1v) is 12.0. The van der Waals surface area contributed by atoms with E-state index in [1.165, 1.54) is 25.7 Å². The second-order valence-electron chi connectivity index (χ2n) is 10.6. The molecule has 3 heterocycles. The van der Waals surface area contributed by atoms with Crippen molar-refractivity contribution in [3.05, 3.63) is 29.3 Å². The Hall–Kier alpha value is -2.41. The van der Waals surface area contributed by atoms with Gasteiger partial charge in [-0.2, -0.15) is 0 Å². The lowest BCUT2D eigenvalue weighted by molar-refractivity contribution is -0.394. The van der Waals surface area contributed by atoms with Gasteiger partial charge in [0.05, 0.1) is 6.42 Å². The van der Waals surface area contributed by atoms with Gasteiger partial charge in [-0.05, 0) is 74.2 Å². The number of amides is 2. The summed E-state index contributed by atoms with van der Waals surface area (Å²) in [4.78, 5) is 31.2. The number of carbonyl (C=O) groups is 2. The summed E-state index contributed by atoms with van der Waals surface area (Å²) in [5, 5.41) is 10.2. The largest absolute Gasteiger partial charge is 0.489 e. The Bertz CT molecular complexity index is 957. The zero-order chi connectivity index (χ0) is 22.5. The number of rotatable bonds is 4. The van der Waals surface area contributed by atoms with Crippen LogP contribution in [0.3, 0.4) is 0 Å². The maximum atomic E-state index is 12.9. The van der Waals surface area contributed by atoms with Gasteiger partial charge < -0.3 is 14.7 Å². The number of likely N-dealkylation sites (tertiary alicyclic amines) is 1. The molecule has 1 saturated carbocycles. The van der Waals surface area contributed by atoms with Gasteiger partial charge in [0.1, 0.15) is 11.9 Å². The molecule has 0 bridgehead atoms. The van der Waals surface area contributed by atoms with Crippen molar-refractivity contribution >= 4 is 17.7 Å². The molecule has 0 spiro atoms. The molecule has 4 aliphatic rings. The first-order valence-electron chi connectivity index (χ1n) is 12.0. The fourth-order valence-electron chi connectivity index (χ4n) is 6.03. The Kier molecular flexibility index (Phi) is 5.48. The van der Waals surface area contributed by atoms with Gasteiger partial charge in [0.25, 0.3) is 5.91 Å². The van der Waals surface area contributed by atoms with Crippen LogP contribution >= 0.6 is 0 Å². The number of carbonyl (C=O) groups excluding carboxylic acids is 2. The summed E-state index contributed by atoms with van der Waals surface area (Å²) >= 11 is 0. The summed E-state index contributed by atoms with van der Waals surface area (Å²) in [7, 11) is 0. The van der Waals surface area contributed by atoms with Crippen molar-refractivity contribution in [2.45, 2.75) is 83.5 Å². The van der Waals surface area contributed by atoms with Crippen molar-refractivity contribution in [1.29, 1.82) is 0 Å². The molecule has 5 rings (SSSR count). The second-order valence-corrected chi connectivity index (χ2v) is 10.6. The maximum absolute atomic E-state index is 12.9. The first-order chi connectivity index (χ1) is 15.3. The first kappa shape index (κ1) is 21.4. The average molecular weight is 441 g/mol. The van der Waals surface area contributed by atoms with Gasteiger partial charge in [0, 0.05) is 24.7 Å². The van der Waals surface area contributed by atoms with Crippen LogP contribution in [0.4, 0.5) is 0 Å². The minimum Gasteiger partial charge on any atom is -0.489 e. The number of hydrogen-bond donors (Lipinski definition) is 2. The van der Waals surface area contributed by atoms with E-state index < -0.39 is 6.04 Å². The summed E-state index contributed by atoms with van der Waals surface area (Å²) in [6.07, 6.45) is 6.89. The number of piperidine rings is 1. The summed E-state index contributed by atoms with van der Waals surface area (Å²) in [5.74, 6) is 0.379. The van der Waals surface area contributed by atoms with Crippen LogP contribution in [0.25, 0.3) is 0 Å². The summed E-state index contributed by atoms with van der Waals surface area (Å²) < 4.78 is 6.50. The van der Waals surface area contributed by atoms with E-state index in [9.17, 15) is 14.7 Å². The monoisotopic (exact) mass is 440 g/mol. The Morgan fingerprint density at radius 2 is 2.00 bits per heavy atom. The molecule has 1 aromatic carbocycles.